The summed E-state index contributed by atoms with van der Waals surface area (Å²) in [6.45, 7) is 2.95. The average Bonchev–Trinajstić information content (AvgIpc) is 2.85. The molecule has 0 saturated carbocycles. The number of methoxy groups -OCH3 is 1. The van der Waals surface area contributed by atoms with E-state index in [1.54, 1.807) is 23.3 Å². The lowest BCUT2D eigenvalue weighted by molar-refractivity contribution is -0.144. The maximum Gasteiger partial charge on any atom is 0.325 e. The van der Waals surface area contributed by atoms with Crippen LogP contribution in [0.2, 0.25) is 0 Å². The van der Waals surface area contributed by atoms with Crippen LogP contribution in [0.4, 0.5) is 0 Å². The Morgan fingerprint density at radius 3 is 3.05 bits per heavy atom. The number of hydrogen-bond acceptors (Lipinski definition) is 5. The molecule has 116 valence electrons. The lowest BCUT2D eigenvalue weighted by Crippen LogP contribution is -2.47. The SMILES string of the molecule is COCC(C)NC(=O)CN1CCc2sccc2C1C(=O)O. The van der Waals surface area contributed by atoms with E-state index in [4.69, 9.17) is 4.74 Å². The predicted octanol–water partition coefficient (Wildman–Crippen LogP) is 0.883. The van der Waals surface area contributed by atoms with Crippen LogP contribution in [-0.4, -0.2) is 54.7 Å². The summed E-state index contributed by atoms with van der Waals surface area (Å²) in [7, 11) is 1.58. The summed E-state index contributed by atoms with van der Waals surface area (Å²) in [5.74, 6) is -1.09. The number of thiophene rings is 1. The molecule has 1 aromatic rings. The third-order valence-corrected chi connectivity index (χ3v) is 4.47. The Morgan fingerprint density at radius 2 is 2.38 bits per heavy atom. The van der Waals surface area contributed by atoms with E-state index in [0.717, 1.165) is 16.9 Å². The van der Waals surface area contributed by atoms with Gasteiger partial charge in [-0.25, -0.2) is 0 Å². The minimum Gasteiger partial charge on any atom is -0.480 e. The summed E-state index contributed by atoms with van der Waals surface area (Å²) in [4.78, 5) is 26.4. The molecule has 2 heterocycles. The standard InChI is InChI=1S/C14H20N2O4S/c1-9(8-20-2)15-12(17)7-16-5-3-11-10(4-6-21-11)13(16)14(18)19/h4,6,9,13H,3,5,7-8H2,1-2H3,(H,15,17)(H,18,19). The van der Waals surface area contributed by atoms with E-state index in [1.807, 2.05) is 18.4 Å². The van der Waals surface area contributed by atoms with Gasteiger partial charge in [0, 0.05) is 24.6 Å². The van der Waals surface area contributed by atoms with Crippen LogP contribution in [0.25, 0.3) is 0 Å². The van der Waals surface area contributed by atoms with E-state index in [-0.39, 0.29) is 18.5 Å². The Balaban J connectivity index is 2.03. The van der Waals surface area contributed by atoms with Crippen LogP contribution in [-0.2, 0) is 20.7 Å². The van der Waals surface area contributed by atoms with Crippen LogP contribution in [0.5, 0.6) is 0 Å². The van der Waals surface area contributed by atoms with Crippen molar-refractivity contribution in [3.05, 3.63) is 21.9 Å². The van der Waals surface area contributed by atoms with Crippen molar-refractivity contribution in [2.24, 2.45) is 0 Å². The van der Waals surface area contributed by atoms with Gasteiger partial charge in [-0.2, -0.15) is 0 Å². The minimum absolute atomic E-state index is 0.0836. The highest BCUT2D eigenvalue weighted by atomic mass is 32.1. The van der Waals surface area contributed by atoms with Crippen LogP contribution >= 0.6 is 11.3 Å². The Labute approximate surface area is 127 Å². The number of fused-ring (bicyclic) bond motifs is 1. The lowest BCUT2D eigenvalue weighted by Gasteiger charge is -2.32. The number of hydrogen-bond donors (Lipinski definition) is 2. The smallest absolute Gasteiger partial charge is 0.325 e. The normalized spacial score (nSPS) is 19.8. The number of aliphatic carboxylic acids is 1. The van der Waals surface area contributed by atoms with Gasteiger partial charge in [-0.15, -0.1) is 11.3 Å². The molecule has 21 heavy (non-hydrogen) atoms. The van der Waals surface area contributed by atoms with Gasteiger partial charge in [-0.1, -0.05) is 0 Å². The molecule has 7 heteroatoms. The number of ether oxygens (including phenoxy) is 1. The third-order valence-electron chi connectivity index (χ3n) is 3.47. The van der Waals surface area contributed by atoms with Crippen LogP contribution in [0, 0.1) is 0 Å². The van der Waals surface area contributed by atoms with Gasteiger partial charge in [0.15, 0.2) is 0 Å². The van der Waals surface area contributed by atoms with E-state index in [1.165, 1.54) is 0 Å². The molecule has 1 aliphatic rings. The minimum atomic E-state index is -0.910. The van der Waals surface area contributed by atoms with Crippen molar-refractivity contribution < 1.29 is 19.4 Å². The van der Waals surface area contributed by atoms with Gasteiger partial charge in [-0.3, -0.25) is 14.5 Å². The molecule has 0 aliphatic carbocycles. The quantitative estimate of drug-likeness (QED) is 0.815. The zero-order valence-electron chi connectivity index (χ0n) is 12.2. The molecule has 2 N–H and O–H groups in total. The van der Waals surface area contributed by atoms with Gasteiger partial charge in [0.2, 0.25) is 5.91 Å². The highest BCUT2D eigenvalue weighted by molar-refractivity contribution is 7.10. The first kappa shape index (κ1) is 15.9. The Hall–Kier alpha value is -1.44. The molecule has 6 nitrogen and oxygen atoms in total. The van der Waals surface area contributed by atoms with E-state index in [0.29, 0.717) is 13.2 Å². The second-order valence-electron chi connectivity index (χ2n) is 5.18. The molecule has 2 unspecified atom stereocenters. The van der Waals surface area contributed by atoms with E-state index >= 15 is 0 Å². The third kappa shape index (κ3) is 3.81. The molecular formula is C14H20N2O4S. The molecule has 0 fully saturated rings. The first-order chi connectivity index (χ1) is 10.0. The van der Waals surface area contributed by atoms with Gasteiger partial charge in [0.1, 0.15) is 6.04 Å². The van der Waals surface area contributed by atoms with Crippen LogP contribution in [0.1, 0.15) is 23.4 Å². The van der Waals surface area contributed by atoms with Gasteiger partial charge < -0.3 is 15.2 Å². The van der Waals surface area contributed by atoms with Crippen LogP contribution < -0.4 is 5.32 Å². The molecule has 0 saturated heterocycles. The molecular weight excluding hydrogens is 292 g/mol. The monoisotopic (exact) mass is 312 g/mol. The van der Waals surface area contributed by atoms with Gasteiger partial charge in [0.25, 0.3) is 0 Å². The molecule has 2 rings (SSSR count). The molecule has 0 radical (unpaired) electrons. The first-order valence-corrected chi connectivity index (χ1v) is 7.72. The fourth-order valence-corrected chi connectivity index (χ4v) is 3.53. The maximum absolute atomic E-state index is 12.0. The Bertz CT molecular complexity index is 517. The summed E-state index contributed by atoms with van der Waals surface area (Å²) in [6, 6.07) is 1.02. The Morgan fingerprint density at radius 1 is 1.62 bits per heavy atom. The van der Waals surface area contributed by atoms with Crippen molar-refractivity contribution in [1.29, 1.82) is 0 Å². The zero-order valence-corrected chi connectivity index (χ0v) is 13.0. The highest BCUT2D eigenvalue weighted by Gasteiger charge is 2.34. The maximum atomic E-state index is 12.0. The average molecular weight is 312 g/mol. The van der Waals surface area contributed by atoms with Crippen LogP contribution in [0.3, 0.4) is 0 Å². The number of nitrogens with zero attached hydrogens (tertiary/aromatic N) is 1. The molecule has 1 aromatic heterocycles. The summed E-state index contributed by atoms with van der Waals surface area (Å²) in [5.41, 5.74) is 0.816. The fraction of sp³-hybridized carbons (Fsp3) is 0.571. The van der Waals surface area contributed by atoms with Crippen molar-refractivity contribution in [1.82, 2.24) is 10.2 Å². The molecule has 1 aliphatic heterocycles. The van der Waals surface area contributed by atoms with Crippen molar-refractivity contribution in [3.63, 3.8) is 0 Å². The zero-order chi connectivity index (χ0) is 15.4. The van der Waals surface area contributed by atoms with E-state index < -0.39 is 12.0 Å². The second kappa shape index (κ2) is 7.02. The topological polar surface area (TPSA) is 78.9 Å². The van der Waals surface area contributed by atoms with Crippen molar-refractivity contribution >= 4 is 23.2 Å². The number of carboxylic acids is 1. The first-order valence-electron chi connectivity index (χ1n) is 6.84. The van der Waals surface area contributed by atoms with E-state index in [9.17, 15) is 14.7 Å². The number of carbonyl (C=O) groups is 2. The number of nitrogens with one attached hydrogen (secondary N) is 1. The van der Waals surface area contributed by atoms with Gasteiger partial charge >= 0.3 is 5.97 Å². The number of carboxylic acid groups (broad SMARTS) is 1. The molecule has 0 bridgehead atoms. The Kier molecular flexibility index (Phi) is 5.33. The fourth-order valence-electron chi connectivity index (χ4n) is 2.62. The van der Waals surface area contributed by atoms with E-state index in [2.05, 4.69) is 5.32 Å². The molecule has 0 aromatic carbocycles. The number of carbonyl (C=O) groups excluding carboxylic acids is 1. The predicted molar refractivity (Wildman–Crippen MR) is 79.5 cm³/mol. The largest absolute Gasteiger partial charge is 0.480 e. The lowest BCUT2D eigenvalue weighted by atomic mass is 10.00. The molecule has 0 spiro atoms. The van der Waals surface area contributed by atoms with Crippen molar-refractivity contribution in [2.75, 3.05) is 26.8 Å². The summed E-state index contributed by atoms with van der Waals surface area (Å²) < 4.78 is 4.97. The number of amides is 1. The van der Waals surface area contributed by atoms with Gasteiger partial charge in [0.05, 0.1) is 13.2 Å². The summed E-state index contributed by atoms with van der Waals surface area (Å²) >= 11 is 1.58. The second-order valence-corrected chi connectivity index (χ2v) is 6.18. The summed E-state index contributed by atoms with van der Waals surface area (Å²) in [6.07, 6.45) is 0.789. The highest BCUT2D eigenvalue weighted by Crippen LogP contribution is 2.33. The molecule has 2 atom stereocenters. The van der Waals surface area contributed by atoms with Gasteiger partial charge in [-0.05, 0) is 30.4 Å². The van der Waals surface area contributed by atoms with Crippen LogP contribution in [0.15, 0.2) is 11.4 Å². The summed E-state index contributed by atoms with van der Waals surface area (Å²) in [5, 5.41) is 14.2. The number of rotatable bonds is 6. The van der Waals surface area contributed by atoms with Crippen molar-refractivity contribution in [3.8, 4) is 0 Å². The molecule has 1 amide bonds. The van der Waals surface area contributed by atoms with Crippen molar-refractivity contribution in [2.45, 2.75) is 25.4 Å².